The van der Waals surface area contributed by atoms with Crippen LogP contribution >= 0.6 is 11.8 Å². The van der Waals surface area contributed by atoms with E-state index in [4.69, 9.17) is 10.6 Å². The van der Waals surface area contributed by atoms with E-state index < -0.39 is 0 Å². The molecule has 0 bridgehead atoms. The first-order chi connectivity index (χ1) is 9.60. The van der Waals surface area contributed by atoms with Gasteiger partial charge >= 0.3 is 0 Å². The van der Waals surface area contributed by atoms with Gasteiger partial charge < -0.3 is 15.9 Å². The summed E-state index contributed by atoms with van der Waals surface area (Å²) in [4.78, 5) is 11.9. The molecule has 1 aromatic carbocycles. The fourth-order valence-corrected chi connectivity index (χ4v) is 2.20. The van der Waals surface area contributed by atoms with Crippen molar-refractivity contribution in [3.63, 3.8) is 0 Å². The number of hydrogen-bond donors (Lipinski definition) is 2. The number of thioether (sulfide) groups is 1. The summed E-state index contributed by atoms with van der Waals surface area (Å²) >= 11 is 1.21. The van der Waals surface area contributed by atoms with Gasteiger partial charge in [-0.25, -0.2) is 4.68 Å². The van der Waals surface area contributed by atoms with Crippen LogP contribution in [0.3, 0.4) is 0 Å². The molecule has 8 heteroatoms. The highest BCUT2D eigenvalue weighted by Gasteiger charge is 2.10. The number of aryl methyl sites for hydroxylation is 1. The zero-order valence-electron chi connectivity index (χ0n) is 11.2. The topological polar surface area (TPSA) is 95.1 Å². The van der Waals surface area contributed by atoms with Gasteiger partial charge in [0.2, 0.25) is 11.1 Å². The number of hydrogen-bond acceptors (Lipinski definition) is 6. The number of nitrogens with two attached hydrogens (primary N) is 1. The Morgan fingerprint density at radius 1 is 1.55 bits per heavy atom. The molecule has 0 saturated carbocycles. The third-order valence-electron chi connectivity index (χ3n) is 2.50. The second kappa shape index (κ2) is 6.29. The lowest BCUT2D eigenvalue weighted by Crippen LogP contribution is -2.16. The smallest absolute Gasteiger partial charge is 0.234 e. The summed E-state index contributed by atoms with van der Waals surface area (Å²) in [6, 6.07) is 5.58. The first-order valence-corrected chi connectivity index (χ1v) is 6.81. The van der Waals surface area contributed by atoms with Crippen LogP contribution in [0.25, 0.3) is 0 Å². The van der Waals surface area contributed by atoms with Crippen LogP contribution in [0.15, 0.2) is 29.7 Å². The normalized spacial score (nSPS) is 10.3. The van der Waals surface area contributed by atoms with E-state index in [1.165, 1.54) is 22.8 Å². The molecule has 0 fully saturated rings. The van der Waals surface area contributed by atoms with Gasteiger partial charge in [0.15, 0.2) is 0 Å². The number of rotatable bonds is 5. The van der Waals surface area contributed by atoms with Crippen molar-refractivity contribution in [2.75, 3.05) is 24.0 Å². The van der Waals surface area contributed by atoms with E-state index >= 15 is 0 Å². The molecule has 7 nitrogen and oxygen atoms in total. The third-order valence-corrected chi connectivity index (χ3v) is 3.46. The molecule has 0 saturated heterocycles. The number of methoxy groups -OCH3 is 1. The van der Waals surface area contributed by atoms with Crippen LogP contribution < -0.4 is 15.9 Å². The lowest BCUT2D eigenvalue weighted by atomic mass is 10.2. The molecule has 0 spiro atoms. The van der Waals surface area contributed by atoms with E-state index in [9.17, 15) is 4.79 Å². The highest BCUT2D eigenvalue weighted by molar-refractivity contribution is 7.99. The van der Waals surface area contributed by atoms with E-state index in [1.807, 2.05) is 25.1 Å². The monoisotopic (exact) mass is 293 g/mol. The summed E-state index contributed by atoms with van der Waals surface area (Å²) in [5.74, 6) is 6.21. The Bertz CT molecular complexity index is 614. The molecule has 0 radical (unpaired) electrons. The van der Waals surface area contributed by atoms with Crippen molar-refractivity contribution in [2.24, 2.45) is 0 Å². The molecule has 0 unspecified atom stereocenters. The minimum absolute atomic E-state index is 0.165. The van der Waals surface area contributed by atoms with Crippen molar-refractivity contribution < 1.29 is 9.53 Å². The number of benzene rings is 1. The lowest BCUT2D eigenvalue weighted by molar-refractivity contribution is -0.113. The van der Waals surface area contributed by atoms with E-state index in [-0.39, 0.29) is 11.7 Å². The molecule has 0 aliphatic rings. The largest absolute Gasteiger partial charge is 0.495 e. The number of anilines is 1. The third kappa shape index (κ3) is 3.41. The van der Waals surface area contributed by atoms with Crippen molar-refractivity contribution in [1.82, 2.24) is 14.9 Å². The van der Waals surface area contributed by atoms with Gasteiger partial charge in [-0.2, -0.15) is 0 Å². The van der Waals surface area contributed by atoms with Crippen LogP contribution in [-0.2, 0) is 4.79 Å². The summed E-state index contributed by atoms with van der Waals surface area (Å²) in [6.45, 7) is 1.95. The number of nitrogens with zero attached hydrogens (tertiary/aromatic N) is 3. The second-order valence-corrected chi connectivity index (χ2v) is 5.00. The number of amides is 1. The molecule has 2 aromatic rings. The van der Waals surface area contributed by atoms with Crippen LogP contribution in [0.2, 0.25) is 0 Å². The number of ether oxygens (including phenoxy) is 1. The Balaban J connectivity index is 1.98. The standard InChI is InChI=1S/C12H15N5O2S/c1-8-3-4-10(19-2)9(5-8)15-11(18)6-20-12-16-14-7-17(12)13/h3-5,7H,6,13H2,1-2H3,(H,15,18). The molecular weight excluding hydrogens is 278 g/mol. The van der Waals surface area contributed by atoms with Gasteiger partial charge in [0, 0.05) is 0 Å². The molecule has 20 heavy (non-hydrogen) atoms. The molecule has 2 rings (SSSR count). The molecule has 0 aliphatic heterocycles. The van der Waals surface area contributed by atoms with Crippen molar-refractivity contribution in [2.45, 2.75) is 12.1 Å². The molecule has 3 N–H and O–H groups in total. The number of nitrogen functional groups attached to an aromatic ring is 1. The predicted molar refractivity (Wildman–Crippen MR) is 77.3 cm³/mol. The summed E-state index contributed by atoms with van der Waals surface area (Å²) in [5, 5.41) is 10.7. The molecule has 0 aliphatic carbocycles. The quantitative estimate of drug-likeness (QED) is 0.632. The first-order valence-electron chi connectivity index (χ1n) is 5.82. The van der Waals surface area contributed by atoms with Crippen molar-refractivity contribution >= 4 is 23.4 Å². The van der Waals surface area contributed by atoms with E-state index in [0.29, 0.717) is 16.6 Å². The highest BCUT2D eigenvalue weighted by Crippen LogP contribution is 2.25. The van der Waals surface area contributed by atoms with E-state index in [0.717, 1.165) is 5.56 Å². The van der Waals surface area contributed by atoms with Gasteiger partial charge in [-0.15, -0.1) is 10.2 Å². The summed E-state index contributed by atoms with van der Waals surface area (Å²) in [6.07, 6.45) is 1.38. The zero-order valence-corrected chi connectivity index (χ0v) is 12.0. The molecule has 0 atom stereocenters. The highest BCUT2D eigenvalue weighted by atomic mass is 32.2. The van der Waals surface area contributed by atoms with Crippen LogP contribution in [0, 0.1) is 6.92 Å². The Hall–Kier alpha value is -2.22. The van der Waals surface area contributed by atoms with Gasteiger partial charge in [-0.1, -0.05) is 17.8 Å². The average Bonchev–Trinajstić information content (AvgIpc) is 2.82. The lowest BCUT2D eigenvalue weighted by Gasteiger charge is -2.10. The van der Waals surface area contributed by atoms with Crippen LogP contribution in [0.5, 0.6) is 5.75 Å². The van der Waals surface area contributed by atoms with Gasteiger partial charge in [-0.3, -0.25) is 4.79 Å². The summed E-state index contributed by atoms with van der Waals surface area (Å²) in [7, 11) is 1.56. The number of nitrogens with one attached hydrogen (secondary N) is 1. The fourth-order valence-electron chi connectivity index (χ4n) is 1.57. The Kier molecular flexibility index (Phi) is 4.46. The first kappa shape index (κ1) is 14.2. The summed E-state index contributed by atoms with van der Waals surface area (Å²) in [5.41, 5.74) is 1.68. The van der Waals surface area contributed by atoms with Gasteiger partial charge in [0.1, 0.15) is 12.1 Å². The average molecular weight is 293 g/mol. The van der Waals surface area contributed by atoms with Crippen LogP contribution in [0.1, 0.15) is 5.56 Å². The minimum atomic E-state index is -0.165. The molecule has 1 heterocycles. The number of aromatic nitrogens is 3. The van der Waals surface area contributed by atoms with E-state index in [2.05, 4.69) is 15.5 Å². The van der Waals surface area contributed by atoms with Gasteiger partial charge in [-0.05, 0) is 24.6 Å². The van der Waals surface area contributed by atoms with Gasteiger partial charge in [0.05, 0.1) is 18.6 Å². The second-order valence-electron chi connectivity index (χ2n) is 4.06. The van der Waals surface area contributed by atoms with Crippen LogP contribution in [0.4, 0.5) is 5.69 Å². The zero-order chi connectivity index (χ0) is 14.5. The fraction of sp³-hybridized carbons (Fsp3) is 0.250. The maximum atomic E-state index is 11.9. The van der Waals surface area contributed by atoms with Crippen molar-refractivity contribution in [3.05, 3.63) is 30.1 Å². The molecule has 1 aromatic heterocycles. The molecule has 106 valence electrons. The predicted octanol–water partition coefficient (Wildman–Crippen LogP) is 1.04. The number of carbonyl (C=O) groups is 1. The Morgan fingerprint density at radius 3 is 3.00 bits per heavy atom. The SMILES string of the molecule is COc1ccc(C)cc1NC(=O)CSc1nncn1N. The minimum Gasteiger partial charge on any atom is -0.495 e. The van der Waals surface area contributed by atoms with E-state index in [1.54, 1.807) is 7.11 Å². The maximum Gasteiger partial charge on any atom is 0.234 e. The maximum absolute atomic E-state index is 11.9. The Labute approximate surface area is 120 Å². The Morgan fingerprint density at radius 2 is 2.35 bits per heavy atom. The number of carbonyl (C=O) groups excluding carboxylic acids is 1. The van der Waals surface area contributed by atoms with Crippen LogP contribution in [-0.4, -0.2) is 33.6 Å². The molecule has 1 amide bonds. The summed E-state index contributed by atoms with van der Waals surface area (Å²) < 4.78 is 6.47. The van der Waals surface area contributed by atoms with Crippen molar-refractivity contribution in [3.8, 4) is 5.75 Å². The van der Waals surface area contributed by atoms with Gasteiger partial charge in [0.25, 0.3) is 0 Å². The van der Waals surface area contributed by atoms with Crippen molar-refractivity contribution in [1.29, 1.82) is 0 Å². The molecular formula is C12H15N5O2S.